The van der Waals surface area contributed by atoms with Gasteiger partial charge in [0, 0.05) is 17.0 Å². The second-order valence-corrected chi connectivity index (χ2v) is 6.46. The Bertz CT molecular complexity index is 1030. The maximum Gasteiger partial charge on any atom is 0.433 e. The summed E-state index contributed by atoms with van der Waals surface area (Å²) in [5.41, 5.74) is -0.737. The smallest absolute Gasteiger partial charge is 0.433 e. The Kier molecular flexibility index (Phi) is 5.78. The number of thiazole rings is 1. The molecule has 154 valence electrons. The lowest BCUT2D eigenvalue weighted by molar-refractivity contribution is -0.142. The van der Waals surface area contributed by atoms with Crippen LogP contribution in [0.25, 0.3) is 16.4 Å². The fourth-order valence-corrected chi connectivity index (χ4v) is 3.29. The van der Waals surface area contributed by atoms with Crippen LogP contribution in [-0.4, -0.2) is 41.6 Å². The highest BCUT2D eigenvalue weighted by molar-refractivity contribution is 7.12. The Morgan fingerprint density at radius 2 is 1.97 bits per heavy atom. The van der Waals surface area contributed by atoms with Gasteiger partial charge in [0.2, 0.25) is 5.13 Å². The largest absolute Gasteiger partial charge is 0.497 e. The van der Waals surface area contributed by atoms with Gasteiger partial charge in [0.25, 0.3) is 0 Å². The van der Waals surface area contributed by atoms with Crippen LogP contribution in [0.4, 0.5) is 13.2 Å². The van der Waals surface area contributed by atoms with Crippen molar-refractivity contribution in [3.05, 3.63) is 41.0 Å². The van der Waals surface area contributed by atoms with E-state index in [1.54, 1.807) is 25.1 Å². The third-order valence-corrected chi connectivity index (χ3v) is 4.66. The molecule has 0 spiro atoms. The van der Waals surface area contributed by atoms with Gasteiger partial charge in [-0.25, -0.2) is 14.5 Å². The molecule has 0 N–H and O–H groups in total. The first kappa shape index (κ1) is 20.6. The van der Waals surface area contributed by atoms with E-state index in [0.717, 1.165) is 17.4 Å². The summed E-state index contributed by atoms with van der Waals surface area (Å²) in [7, 11) is 2.86. The van der Waals surface area contributed by atoms with Crippen LogP contribution in [0.1, 0.15) is 23.1 Å². The molecule has 0 radical (unpaired) electrons. The number of esters is 1. The summed E-state index contributed by atoms with van der Waals surface area (Å²) in [4.78, 5) is 15.7. The van der Waals surface area contributed by atoms with E-state index in [1.165, 1.54) is 19.6 Å². The molecular formula is C18H16F3N3O4S. The van der Waals surface area contributed by atoms with Crippen molar-refractivity contribution >= 4 is 17.3 Å². The molecule has 7 nitrogen and oxygen atoms in total. The Morgan fingerprint density at radius 3 is 2.59 bits per heavy atom. The standard InChI is InChI=1S/C18H16F3N3O4S/c1-4-28-16(25)13-9-29-17(22-13)24-15(18(19,20)21)8-12(23-24)11-6-5-10(26-2)7-14(11)27-3/h5-9H,4H2,1-3H3. The maximum atomic E-state index is 13.6. The van der Waals surface area contributed by atoms with Crippen LogP contribution >= 0.6 is 11.3 Å². The monoisotopic (exact) mass is 427 g/mol. The van der Waals surface area contributed by atoms with Crippen LogP contribution in [0.3, 0.4) is 0 Å². The Hall–Kier alpha value is -3.08. The SMILES string of the molecule is CCOC(=O)c1csc(-n2nc(-c3ccc(OC)cc3OC)cc2C(F)(F)F)n1. The lowest BCUT2D eigenvalue weighted by Gasteiger charge is -2.08. The zero-order chi connectivity index (χ0) is 21.2. The van der Waals surface area contributed by atoms with Crippen LogP contribution in [0.15, 0.2) is 29.6 Å². The fraction of sp³-hybridized carbons (Fsp3) is 0.278. The number of benzene rings is 1. The van der Waals surface area contributed by atoms with Gasteiger partial charge in [-0.15, -0.1) is 11.3 Å². The molecule has 0 unspecified atom stereocenters. The van der Waals surface area contributed by atoms with Crippen molar-refractivity contribution in [1.29, 1.82) is 0 Å². The van der Waals surface area contributed by atoms with Gasteiger partial charge in [-0.2, -0.15) is 18.3 Å². The van der Waals surface area contributed by atoms with Crippen molar-refractivity contribution in [3.63, 3.8) is 0 Å². The van der Waals surface area contributed by atoms with Crippen molar-refractivity contribution in [2.45, 2.75) is 13.1 Å². The summed E-state index contributed by atoms with van der Waals surface area (Å²) in [6.07, 6.45) is -4.69. The molecule has 29 heavy (non-hydrogen) atoms. The van der Waals surface area contributed by atoms with Gasteiger partial charge in [-0.3, -0.25) is 0 Å². The van der Waals surface area contributed by atoms with E-state index in [1.807, 2.05) is 0 Å². The second kappa shape index (κ2) is 8.11. The highest BCUT2D eigenvalue weighted by atomic mass is 32.1. The number of halogens is 3. The number of ether oxygens (including phenoxy) is 3. The van der Waals surface area contributed by atoms with Crippen molar-refractivity contribution in [3.8, 4) is 27.9 Å². The Balaban J connectivity index is 2.10. The van der Waals surface area contributed by atoms with Crippen LogP contribution < -0.4 is 9.47 Å². The molecule has 2 heterocycles. The number of hydrogen-bond acceptors (Lipinski definition) is 7. The molecule has 0 amide bonds. The van der Waals surface area contributed by atoms with E-state index in [4.69, 9.17) is 14.2 Å². The number of rotatable bonds is 6. The minimum absolute atomic E-state index is 0.0321. The third-order valence-electron chi connectivity index (χ3n) is 3.84. The third kappa shape index (κ3) is 4.19. The molecule has 2 aromatic heterocycles. The normalized spacial score (nSPS) is 11.4. The molecule has 1 aromatic carbocycles. The zero-order valence-electron chi connectivity index (χ0n) is 15.6. The quantitative estimate of drug-likeness (QED) is 0.549. The first-order chi connectivity index (χ1) is 13.8. The van der Waals surface area contributed by atoms with Crippen molar-refractivity contribution in [2.24, 2.45) is 0 Å². The number of aromatic nitrogens is 3. The minimum Gasteiger partial charge on any atom is -0.497 e. The molecule has 0 atom stereocenters. The average Bonchev–Trinajstić information content (AvgIpc) is 3.34. The van der Waals surface area contributed by atoms with Crippen molar-refractivity contribution < 1.29 is 32.2 Å². The highest BCUT2D eigenvalue weighted by Gasteiger charge is 2.37. The first-order valence-corrected chi connectivity index (χ1v) is 9.19. The molecule has 0 saturated heterocycles. The first-order valence-electron chi connectivity index (χ1n) is 8.31. The highest BCUT2D eigenvalue weighted by Crippen LogP contribution is 2.38. The summed E-state index contributed by atoms with van der Waals surface area (Å²) in [5, 5.41) is 5.28. The van der Waals surface area contributed by atoms with Crippen LogP contribution in [0, 0.1) is 0 Å². The van der Waals surface area contributed by atoms with E-state index >= 15 is 0 Å². The van der Waals surface area contributed by atoms with E-state index in [-0.39, 0.29) is 23.1 Å². The predicted molar refractivity (Wildman–Crippen MR) is 98.7 cm³/mol. The lowest BCUT2D eigenvalue weighted by atomic mass is 10.1. The van der Waals surface area contributed by atoms with Gasteiger partial charge in [-0.1, -0.05) is 0 Å². The Labute approximate surface area is 167 Å². The topological polar surface area (TPSA) is 75.5 Å². The molecule has 11 heteroatoms. The minimum atomic E-state index is -4.69. The second-order valence-electron chi connectivity index (χ2n) is 5.63. The van der Waals surface area contributed by atoms with E-state index in [9.17, 15) is 18.0 Å². The van der Waals surface area contributed by atoms with Gasteiger partial charge in [0.15, 0.2) is 11.4 Å². The van der Waals surface area contributed by atoms with Crippen molar-refractivity contribution in [1.82, 2.24) is 14.8 Å². The Morgan fingerprint density at radius 1 is 1.21 bits per heavy atom. The van der Waals surface area contributed by atoms with Crippen LogP contribution in [0.2, 0.25) is 0 Å². The molecule has 3 aromatic rings. The summed E-state index contributed by atoms with van der Waals surface area (Å²) >= 11 is 0.849. The van der Waals surface area contributed by atoms with Crippen LogP contribution in [-0.2, 0) is 10.9 Å². The fourth-order valence-electron chi connectivity index (χ4n) is 2.53. The van der Waals surface area contributed by atoms with E-state index in [0.29, 0.717) is 21.7 Å². The molecule has 0 aliphatic heterocycles. The van der Waals surface area contributed by atoms with Gasteiger partial charge in [-0.05, 0) is 25.1 Å². The molecule has 0 fully saturated rings. The van der Waals surface area contributed by atoms with Crippen molar-refractivity contribution in [2.75, 3.05) is 20.8 Å². The van der Waals surface area contributed by atoms with Gasteiger partial charge >= 0.3 is 12.1 Å². The number of nitrogens with zero attached hydrogens (tertiary/aromatic N) is 3. The molecule has 3 rings (SSSR count). The number of carbonyl (C=O) groups is 1. The summed E-state index contributed by atoms with van der Waals surface area (Å²) < 4.78 is 56.7. The van der Waals surface area contributed by atoms with E-state index in [2.05, 4.69) is 10.1 Å². The van der Waals surface area contributed by atoms with Crippen LogP contribution in [0.5, 0.6) is 11.5 Å². The molecular weight excluding hydrogens is 411 g/mol. The zero-order valence-corrected chi connectivity index (χ0v) is 16.4. The summed E-state index contributed by atoms with van der Waals surface area (Å²) in [5.74, 6) is 0.0712. The molecule has 0 bridgehead atoms. The number of carbonyl (C=O) groups excluding carboxylic acids is 1. The summed E-state index contributed by atoms with van der Waals surface area (Å²) in [6, 6.07) is 5.59. The summed E-state index contributed by atoms with van der Waals surface area (Å²) in [6.45, 7) is 1.75. The van der Waals surface area contributed by atoms with Gasteiger partial charge in [0.1, 0.15) is 11.5 Å². The maximum absolute atomic E-state index is 13.6. The molecule has 0 aliphatic rings. The van der Waals surface area contributed by atoms with E-state index < -0.39 is 17.8 Å². The molecule has 0 aliphatic carbocycles. The van der Waals surface area contributed by atoms with Gasteiger partial charge < -0.3 is 14.2 Å². The molecule has 0 saturated carbocycles. The number of methoxy groups -OCH3 is 2. The number of hydrogen-bond donors (Lipinski definition) is 0. The lowest BCUT2D eigenvalue weighted by Crippen LogP contribution is -2.13. The average molecular weight is 427 g/mol. The van der Waals surface area contributed by atoms with Gasteiger partial charge in [0.05, 0.1) is 26.5 Å². The predicted octanol–water partition coefficient (Wildman–Crippen LogP) is 4.21. The number of alkyl halides is 3.